The van der Waals surface area contributed by atoms with Gasteiger partial charge in [-0.05, 0) is 31.7 Å². The fraction of sp³-hybridized carbons (Fsp3) is 0.421. The summed E-state index contributed by atoms with van der Waals surface area (Å²) in [5.74, 6) is -1.23. The number of amides is 1. The summed E-state index contributed by atoms with van der Waals surface area (Å²) in [6.45, 7) is 2.10. The molecule has 2 heterocycles. The number of hydrogen-bond donors (Lipinski definition) is 2. The molecule has 6 nitrogen and oxygen atoms in total. The van der Waals surface area contributed by atoms with Gasteiger partial charge in [-0.2, -0.15) is 0 Å². The van der Waals surface area contributed by atoms with E-state index in [1.54, 1.807) is 18.0 Å². The van der Waals surface area contributed by atoms with E-state index in [-0.39, 0.29) is 18.2 Å². The second-order valence-electron chi connectivity index (χ2n) is 6.85. The van der Waals surface area contributed by atoms with E-state index in [2.05, 4.69) is 9.97 Å². The molecule has 0 bridgehead atoms. The Hall–Kier alpha value is -2.63. The molecule has 1 aromatic carbocycles. The van der Waals surface area contributed by atoms with Crippen LogP contribution in [0.15, 0.2) is 42.9 Å². The van der Waals surface area contributed by atoms with Gasteiger partial charge in [-0.15, -0.1) is 0 Å². The van der Waals surface area contributed by atoms with Gasteiger partial charge in [-0.1, -0.05) is 30.3 Å². The monoisotopic (exact) mass is 341 g/mol. The summed E-state index contributed by atoms with van der Waals surface area (Å²) >= 11 is 0. The van der Waals surface area contributed by atoms with E-state index in [0.29, 0.717) is 18.7 Å². The number of H-pyrrole nitrogens is 1. The number of carbonyl (C=O) groups excluding carboxylic acids is 1. The first-order chi connectivity index (χ1) is 12.0. The normalized spacial score (nSPS) is 20.3. The Kier molecular flexibility index (Phi) is 4.88. The zero-order valence-corrected chi connectivity index (χ0v) is 14.3. The zero-order valence-electron chi connectivity index (χ0n) is 14.3. The molecule has 1 amide bonds. The third-order valence-corrected chi connectivity index (χ3v) is 5.02. The third-order valence-electron chi connectivity index (χ3n) is 5.02. The predicted molar refractivity (Wildman–Crippen MR) is 92.9 cm³/mol. The maximum Gasteiger partial charge on any atom is 0.329 e. The Labute approximate surface area is 146 Å². The van der Waals surface area contributed by atoms with Crippen LogP contribution in [0.3, 0.4) is 0 Å². The van der Waals surface area contributed by atoms with Gasteiger partial charge in [0, 0.05) is 30.8 Å². The summed E-state index contributed by atoms with van der Waals surface area (Å²) in [7, 11) is 0. The molecule has 6 heteroatoms. The number of benzene rings is 1. The van der Waals surface area contributed by atoms with Crippen LogP contribution in [0.4, 0.5) is 0 Å². The zero-order chi connectivity index (χ0) is 17.9. The first kappa shape index (κ1) is 17.2. The molecule has 1 aliphatic rings. The SMILES string of the molecule is C[C@](Cc1cnc[nH]1)(C(=O)O)N1CCC[C@@H](Cc2ccccc2)C1=O. The number of piperidine rings is 1. The average molecular weight is 341 g/mol. The second kappa shape index (κ2) is 7.09. The molecule has 2 atom stereocenters. The van der Waals surface area contributed by atoms with Crippen molar-refractivity contribution in [3.8, 4) is 0 Å². The summed E-state index contributed by atoms with van der Waals surface area (Å²) in [6.07, 6.45) is 5.60. The van der Waals surface area contributed by atoms with Gasteiger partial charge < -0.3 is 15.0 Å². The number of nitrogens with zero attached hydrogens (tertiary/aromatic N) is 2. The number of hydrogen-bond acceptors (Lipinski definition) is 3. The number of likely N-dealkylation sites (tertiary alicyclic amines) is 1. The molecule has 1 saturated heterocycles. The van der Waals surface area contributed by atoms with Gasteiger partial charge in [0.05, 0.1) is 6.33 Å². The first-order valence-electron chi connectivity index (χ1n) is 8.57. The fourth-order valence-corrected chi connectivity index (χ4v) is 3.57. The number of carboxylic acid groups (broad SMARTS) is 1. The van der Waals surface area contributed by atoms with Crippen molar-refractivity contribution < 1.29 is 14.7 Å². The number of carbonyl (C=O) groups is 2. The van der Waals surface area contributed by atoms with E-state index in [9.17, 15) is 14.7 Å². The van der Waals surface area contributed by atoms with Crippen molar-refractivity contribution in [2.24, 2.45) is 5.92 Å². The van der Waals surface area contributed by atoms with Crippen molar-refractivity contribution in [3.63, 3.8) is 0 Å². The van der Waals surface area contributed by atoms with Gasteiger partial charge >= 0.3 is 5.97 Å². The van der Waals surface area contributed by atoms with E-state index in [4.69, 9.17) is 0 Å². The Bertz CT molecular complexity index is 730. The topological polar surface area (TPSA) is 86.3 Å². The molecule has 3 rings (SSSR count). The highest BCUT2D eigenvalue weighted by atomic mass is 16.4. The number of aromatic nitrogens is 2. The Morgan fingerprint density at radius 2 is 2.16 bits per heavy atom. The fourth-order valence-electron chi connectivity index (χ4n) is 3.57. The van der Waals surface area contributed by atoms with Gasteiger partial charge in [-0.3, -0.25) is 4.79 Å². The van der Waals surface area contributed by atoms with Crippen LogP contribution in [-0.2, 0) is 22.4 Å². The lowest BCUT2D eigenvalue weighted by molar-refractivity contribution is -0.162. The van der Waals surface area contributed by atoms with E-state index in [1.807, 2.05) is 30.3 Å². The van der Waals surface area contributed by atoms with Gasteiger partial charge in [0.2, 0.25) is 5.91 Å². The molecule has 2 aromatic rings. The van der Waals surface area contributed by atoms with Crippen LogP contribution in [0.25, 0.3) is 0 Å². The molecule has 0 radical (unpaired) electrons. The molecule has 0 saturated carbocycles. The highest BCUT2D eigenvalue weighted by molar-refractivity contribution is 5.88. The molecule has 25 heavy (non-hydrogen) atoms. The number of carboxylic acids is 1. The lowest BCUT2D eigenvalue weighted by atomic mass is 9.85. The molecule has 132 valence electrons. The summed E-state index contributed by atoms with van der Waals surface area (Å²) in [5, 5.41) is 9.85. The van der Waals surface area contributed by atoms with Crippen LogP contribution in [0, 0.1) is 5.92 Å². The van der Waals surface area contributed by atoms with Gasteiger partial charge in [0.25, 0.3) is 0 Å². The van der Waals surface area contributed by atoms with Crippen LogP contribution in [0.1, 0.15) is 31.0 Å². The largest absolute Gasteiger partial charge is 0.479 e. The highest BCUT2D eigenvalue weighted by Crippen LogP contribution is 2.30. The number of aliphatic carboxylic acids is 1. The van der Waals surface area contributed by atoms with Crippen molar-refractivity contribution in [2.45, 2.75) is 38.1 Å². The molecule has 0 aliphatic carbocycles. The van der Waals surface area contributed by atoms with E-state index in [0.717, 1.165) is 18.4 Å². The molecule has 1 aromatic heterocycles. The lowest BCUT2D eigenvalue weighted by Gasteiger charge is -2.42. The van der Waals surface area contributed by atoms with Crippen molar-refractivity contribution in [1.82, 2.24) is 14.9 Å². The summed E-state index contributed by atoms with van der Waals surface area (Å²) in [4.78, 5) is 33.5. The Balaban J connectivity index is 1.81. The molecule has 0 spiro atoms. The van der Waals surface area contributed by atoms with Crippen LogP contribution < -0.4 is 0 Å². The van der Waals surface area contributed by atoms with Crippen molar-refractivity contribution in [2.75, 3.05) is 6.54 Å². The number of rotatable bonds is 6. The van der Waals surface area contributed by atoms with Crippen LogP contribution in [-0.4, -0.2) is 43.9 Å². The number of imidazole rings is 1. The maximum absolute atomic E-state index is 13.0. The van der Waals surface area contributed by atoms with E-state index < -0.39 is 11.5 Å². The van der Waals surface area contributed by atoms with Crippen LogP contribution in [0.2, 0.25) is 0 Å². The number of aromatic amines is 1. The molecule has 1 aliphatic heterocycles. The minimum atomic E-state index is -1.28. The molecule has 1 fully saturated rings. The lowest BCUT2D eigenvalue weighted by Crippen LogP contribution is -2.60. The second-order valence-corrected chi connectivity index (χ2v) is 6.85. The van der Waals surface area contributed by atoms with Gasteiger partial charge in [0.15, 0.2) is 0 Å². The highest BCUT2D eigenvalue weighted by Gasteiger charge is 2.45. The minimum absolute atomic E-state index is 0.0699. The maximum atomic E-state index is 13.0. The predicted octanol–water partition coefficient (Wildman–Crippen LogP) is 2.28. The summed E-state index contributed by atoms with van der Waals surface area (Å²) < 4.78 is 0. The Morgan fingerprint density at radius 3 is 2.80 bits per heavy atom. The molecule has 0 unspecified atom stereocenters. The quantitative estimate of drug-likeness (QED) is 0.844. The van der Waals surface area contributed by atoms with Gasteiger partial charge in [-0.25, -0.2) is 9.78 Å². The molecular formula is C19H23N3O3. The average Bonchev–Trinajstić information content (AvgIpc) is 3.10. The third kappa shape index (κ3) is 3.57. The minimum Gasteiger partial charge on any atom is -0.479 e. The number of nitrogens with one attached hydrogen (secondary N) is 1. The van der Waals surface area contributed by atoms with Crippen LogP contribution in [0.5, 0.6) is 0 Å². The van der Waals surface area contributed by atoms with Crippen molar-refractivity contribution >= 4 is 11.9 Å². The smallest absolute Gasteiger partial charge is 0.329 e. The van der Waals surface area contributed by atoms with Crippen molar-refractivity contribution in [3.05, 3.63) is 54.1 Å². The van der Waals surface area contributed by atoms with E-state index >= 15 is 0 Å². The first-order valence-corrected chi connectivity index (χ1v) is 8.57. The molecule has 2 N–H and O–H groups in total. The molecular weight excluding hydrogens is 318 g/mol. The van der Waals surface area contributed by atoms with Crippen LogP contribution >= 0.6 is 0 Å². The van der Waals surface area contributed by atoms with E-state index in [1.165, 1.54) is 6.33 Å². The summed E-state index contributed by atoms with van der Waals surface area (Å²) in [5.41, 5.74) is 0.537. The summed E-state index contributed by atoms with van der Waals surface area (Å²) in [6, 6.07) is 9.88. The van der Waals surface area contributed by atoms with Crippen molar-refractivity contribution in [1.29, 1.82) is 0 Å². The van der Waals surface area contributed by atoms with Gasteiger partial charge in [0.1, 0.15) is 5.54 Å². The Morgan fingerprint density at radius 1 is 1.40 bits per heavy atom. The standard InChI is InChI=1S/C19H23N3O3/c1-19(18(24)25,11-16-12-20-13-21-16)22-9-5-8-15(17(22)23)10-14-6-3-2-4-7-14/h2-4,6-7,12-13,15H,5,8-11H2,1H3,(H,20,21)(H,24,25)/t15-,19-/m0/s1.